The Hall–Kier alpha value is -2.17. The second kappa shape index (κ2) is 4.69. The summed E-state index contributed by atoms with van der Waals surface area (Å²) >= 11 is 0. The van der Waals surface area contributed by atoms with Crippen molar-refractivity contribution in [1.29, 1.82) is 0 Å². The maximum atomic E-state index is 13.1. The van der Waals surface area contributed by atoms with E-state index in [0.717, 1.165) is 16.8 Å². The molecule has 1 saturated carbocycles. The van der Waals surface area contributed by atoms with Gasteiger partial charge in [-0.15, -0.1) is 0 Å². The van der Waals surface area contributed by atoms with Crippen molar-refractivity contribution in [3.63, 3.8) is 0 Å². The summed E-state index contributed by atoms with van der Waals surface area (Å²) in [5, 5.41) is 0. The first-order chi connectivity index (χ1) is 9.85. The number of nitrogens with zero attached hydrogens (tertiary/aromatic N) is 1. The van der Waals surface area contributed by atoms with Gasteiger partial charge in [-0.05, 0) is 18.6 Å². The van der Waals surface area contributed by atoms with Crippen molar-refractivity contribution >= 4 is 5.91 Å². The minimum atomic E-state index is -2.60. The highest BCUT2D eigenvalue weighted by atomic mass is 19.3. The van der Waals surface area contributed by atoms with Gasteiger partial charge < -0.3 is 10.3 Å². The number of aryl methyl sites for hydroxylation is 1. The van der Waals surface area contributed by atoms with Crippen LogP contribution in [0.4, 0.5) is 8.78 Å². The number of carbonyl (C=O) groups excluding carboxylic acids is 1. The Kier molecular flexibility index (Phi) is 3.08. The third-order valence-electron chi connectivity index (χ3n) is 3.94. The van der Waals surface area contributed by atoms with E-state index in [-0.39, 0.29) is 18.9 Å². The molecule has 1 aliphatic rings. The van der Waals surface area contributed by atoms with Gasteiger partial charge in [0.2, 0.25) is 5.91 Å². The van der Waals surface area contributed by atoms with Crippen LogP contribution in [0.1, 0.15) is 34.8 Å². The van der Waals surface area contributed by atoms with Crippen molar-refractivity contribution < 1.29 is 13.6 Å². The monoisotopic (exact) mass is 290 g/mol. The number of hydrogen-bond acceptors (Lipinski definition) is 1. The number of carbonyl (C=O) groups is 1. The fourth-order valence-electron chi connectivity index (χ4n) is 2.70. The summed E-state index contributed by atoms with van der Waals surface area (Å²) in [5.74, 6) is -3.15. The number of benzene rings is 1. The van der Waals surface area contributed by atoms with Crippen molar-refractivity contribution in [3.8, 4) is 11.3 Å². The van der Waals surface area contributed by atoms with Crippen molar-refractivity contribution in [2.45, 2.75) is 31.7 Å². The molecule has 0 spiro atoms. The Bertz CT molecular complexity index is 681. The first kappa shape index (κ1) is 13.8. The van der Waals surface area contributed by atoms with Crippen LogP contribution in [0, 0.1) is 6.92 Å². The van der Waals surface area contributed by atoms with Gasteiger partial charge in [0.1, 0.15) is 0 Å². The van der Waals surface area contributed by atoms with Crippen LogP contribution in [0.2, 0.25) is 0 Å². The van der Waals surface area contributed by atoms with Crippen molar-refractivity contribution in [2.24, 2.45) is 5.73 Å². The normalized spacial score (nSPS) is 17.5. The minimum absolute atomic E-state index is 0.196. The Morgan fingerprint density at radius 3 is 2.43 bits per heavy atom. The number of rotatable bonds is 3. The van der Waals surface area contributed by atoms with Crippen LogP contribution in [-0.2, 0) is 0 Å². The number of primary amides is 1. The van der Waals surface area contributed by atoms with Crippen molar-refractivity contribution in [1.82, 2.24) is 4.57 Å². The van der Waals surface area contributed by atoms with Crippen LogP contribution >= 0.6 is 0 Å². The molecule has 0 atom stereocenters. The molecule has 1 heterocycles. The average Bonchev–Trinajstić information content (AvgIpc) is 2.81. The highest BCUT2D eigenvalue weighted by Crippen LogP contribution is 2.47. The number of halogens is 2. The lowest BCUT2D eigenvalue weighted by atomic mass is 9.87. The molecule has 21 heavy (non-hydrogen) atoms. The molecular weight excluding hydrogens is 274 g/mol. The van der Waals surface area contributed by atoms with E-state index in [0.29, 0.717) is 5.56 Å². The van der Waals surface area contributed by atoms with E-state index in [4.69, 9.17) is 5.73 Å². The number of amides is 1. The molecular formula is C16H16F2N2O. The van der Waals surface area contributed by atoms with E-state index in [2.05, 4.69) is 0 Å². The molecule has 0 bridgehead atoms. The predicted molar refractivity (Wildman–Crippen MR) is 76.3 cm³/mol. The molecule has 2 aromatic rings. The average molecular weight is 290 g/mol. The van der Waals surface area contributed by atoms with E-state index in [9.17, 15) is 13.6 Å². The van der Waals surface area contributed by atoms with Gasteiger partial charge >= 0.3 is 0 Å². The highest BCUT2D eigenvalue weighted by molar-refractivity contribution is 5.94. The second-order valence-electron chi connectivity index (χ2n) is 5.67. The van der Waals surface area contributed by atoms with E-state index < -0.39 is 11.8 Å². The Morgan fingerprint density at radius 1 is 1.29 bits per heavy atom. The molecule has 1 aliphatic carbocycles. The third kappa shape index (κ3) is 2.55. The SMILES string of the molecule is Cc1ccc(-c2cc(C(N)=O)cn2C2CC(F)(F)C2)cc1. The molecule has 0 radical (unpaired) electrons. The van der Waals surface area contributed by atoms with Gasteiger partial charge in [-0.3, -0.25) is 4.79 Å². The van der Waals surface area contributed by atoms with Crippen molar-refractivity contribution in [2.75, 3.05) is 0 Å². The fourth-order valence-corrected chi connectivity index (χ4v) is 2.70. The predicted octanol–water partition coefficient (Wildman–Crippen LogP) is 3.53. The minimum Gasteiger partial charge on any atom is -0.366 e. The Balaban J connectivity index is 2.02. The molecule has 1 amide bonds. The van der Waals surface area contributed by atoms with Crippen LogP contribution in [-0.4, -0.2) is 16.4 Å². The van der Waals surface area contributed by atoms with E-state index in [1.54, 1.807) is 16.8 Å². The largest absolute Gasteiger partial charge is 0.366 e. The third-order valence-corrected chi connectivity index (χ3v) is 3.94. The molecule has 3 rings (SSSR count). The van der Waals surface area contributed by atoms with Gasteiger partial charge in [0, 0.05) is 30.8 Å². The van der Waals surface area contributed by atoms with E-state index in [1.807, 2.05) is 31.2 Å². The quantitative estimate of drug-likeness (QED) is 0.923. The highest BCUT2D eigenvalue weighted by Gasteiger charge is 2.46. The summed E-state index contributed by atoms with van der Waals surface area (Å²) in [6, 6.07) is 9.12. The lowest BCUT2D eigenvalue weighted by Gasteiger charge is -2.37. The zero-order valence-electron chi connectivity index (χ0n) is 11.6. The molecule has 3 nitrogen and oxygen atoms in total. The van der Waals surface area contributed by atoms with Crippen LogP contribution in [0.3, 0.4) is 0 Å². The molecule has 110 valence electrons. The lowest BCUT2D eigenvalue weighted by Crippen LogP contribution is -2.37. The molecule has 0 saturated heterocycles. The van der Waals surface area contributed by atoms with Gasteiger partial charge in [-0.1, -0.05) is 29.8 Å². The molecule has 1 aromatic heterocycles. The number of hydrogen-bond donors (Lipinski definition) is 1. The number of alkyl halides is 2. The Labute approximate surface area is 121 Å². The lowest BCUT2D eigenvalue weighted by molar-refractivity contribution is -0.103. The van der Waals surface area contributed by atoms with Gasteiger partial charge in [0.05, 0.1) is 5.56 Å². The van der Waals surface area contributed by atoms with Crippen LogP contribution in [0.5, 0.6) is 0 Å². The summed E-state index contributed by atoms with van der Waals surface area (Å²) in [4.78, 5) is 11.4. The number of nitrogens with two attached hydrogens (primary N) is 1. The fraction of sp³-hybridized carbons (Fsp3) is 0.312. The standard InChI is InChI=1S/C16H16F2N2O/c1-10-2-4-11(5-3-10)14-6-12(15(19)21)9-20(14)13-7-16(17,18)8-13/h2-6,9,13H,7-8H2,1H3,(H2,19,21). The van der Waals surface area contributed by atoms with Crippen LogP contribution < -0.4 is 5.73 Å². The second-order valence-corrected chi connectivity index (χ2v) is 5.67. The van der Waals surface area contributed by atoms with Crippen LogP contribution in [0.25, 0.3) is 11.3 Å². The van der Waals surface area contributed by atoms with Gasteiger partial charge in [0.25, 0.3) is 5.92 Å². The molecule has 5 heteroatoms. The smallest absolute Gasteiger partial charge is 0.252 e. The maximum Gasteiger partial charge on any atom is 0.252 e. The summed E-state index contributed by atoms with van der Waals surface area (Å²) in [6.07, 6.45) is 1.19. The maximum absolute atomic E-state index is 13.1. The van der Waals surface area contributed by atoms with E-state index >= 15 is 0 Å². The van der Waals surface area contributed by atoms with Crippen LogP contribution in [0.15, 0.2) is 36.5 Å². The van der Waals surface area contributed by atoms with E-state index in [1.165, 1.54) is 0 Å². The van der Waals surface area contributed by atoms with Gasteiger partial charge in [0.15, 0.2) is 0 Å². The number of aromatic nitrogens is 1. The summed E-state index contributed by atoms with van der Waals surface area (Å²) < 4.78 is 28.0. The summed E-state index contributed by atoms with van der Waals surface area (Å²) in [7, 11) is 0. The summed E-state index contributed by atoms with van der Waals surface area (Å²) in [6.45, 7) is 1.98. The van der Waals surface area contributed by atoms with Gasteiger partial charge in [-0.25, -0.2) is 8.78 Å². The first-order valence-electron chi connectivity index (χ1n) is 6.82. The molecule has 2 N–H and O–H groups in total. The molecule has 1 aromatic carbocycles. The zero-order chi connectivity index (χ0) is 15.2. The molecule has 0 unspecified atom stereocenters. The molecule has 0 aliphatic heterocycles. The Morgan fingerprint density at radius 2 is 1.90 bits per heavy atom. The summed E-state index contributed by atoms with van der Waals surface area (Å²) in [5.41, 5.74) is 8.42. The van der Waals surface area contributed by atoms with Gasteiger partial charge in [-0.2, -0.15) is 0 Å². The zero-order valence-corrected chi connectivity index (χ0v) is 11.6. The first-order valence-corrected chi connectivity index (χ1v) is 6.82. The topological polar surface area (TPSA) is 48.0 Å². The van der Waals surface area contributed by atoms with Crippen molar-refractivity contribution in [3.05, 3.63) is 47.7 Å². The molecule has 1 fully saturated rings.